The van der Waals surface area contributed by atoms with Crippen molar-refractivity contribution in [3.05, 3.63) is 11.4 Å². The third-order valence-electron chi connectivity index (χ3n) is 3.08. The van der Waals surface area contributed by atoms with Crippen molar-refractivity contribution in [2.24, 2.45) is 0 Å². The third kappa shape index (κ3) is 2.00. The maximum Gasteiger partial charge on any atom is 0.358 e. The van der Waals surface area contributed by atoms with Crippen molar-refractivity contribution in [3.8, 4) is 0 Å². The van der Waals surface area contributed by atoms with Gasteiger partial charge in [-0.1, -0.05) is 5.21 Å². The van der Waals surface area contributed by atoms with Gasteiger partial charge in [0.15, 0.2) is 5.69 Å². The molecule has 1 fully saturated rings. The number of carbonyl (C=O) groups excluding carboxylic acids is 1. The molecule has 7 heteroatoms. The van der Waals surface area contributed by atoms with E-state index in [1.807, 2.05) is 0 Å². The van der Waals surface area contributed by atoms with Gasteiger partial charge in [-0.15, -0.1) is 5.10 Å². The fourth-order valence-corrected chi connectivity index (χ4v) is 2.11. The van der Waals surface area contributed by atoms with E-state index in [-0.39, 0.29) is 17.6 Å². The van der Waals surface area contributed by atoms with Crippen molar-refractivity contribution in [2.75, 3.05) is 13.1 Å². The van der Waals surface area contributed by atoms with Crippen LogP contribution in [0.4, 0.5) is 0 Å². The highest BCUT2D eigenvalue weighted by atomic mass is 16.4. The minimum atomic E-state index is -1.07. The quantitative estimate of drug-likeness (QED) is 0.788. The second-order valence-electron chi connectivity index (χ2n) is 4.18. The summed E-state index contributed by atoms with van der Waals surface area (Å²) in [5.41, 5.74) is 0.513. The maximum absolute atomic E-state index is 11.2. The summed E-state index contributed by atoms with van der Waals surface area (Å²) in [4.78, 5) is 23.8. The number of amides is 1. The van der Waals surface area contributed by atoms with E-state index in [4.69, 9.17) is 5.11 Å². The number of nitrogens with zero attached hydrogens (tertiary/aromatic N) is 4. The van der Waals surface area contributed by atoms with Crippen molar-refractivity contribution >= 4 is 11.9 Å². The highest BCUT2D eigenvalue weighted by Crippen LogP contribution is 2.22. The molecule has 0 aromatic carbocycles. The Morgan fingerprint density at radius 3 is 2.65 bits per heavy atom. The van der Waals surface area contributed by atoms with Crippen LogP contribution in [0.5, 0.6) is 0 Å². The van der Waals surface area contributed by atoms with E-state index in [0.717, 1.165) is 6.42 Å². The van der Waals surface area contributed by atoms with Gasteiger partial charge in [-0.3, -0.25) is 4.79 Å². The Labute approximate surface area is 98.0 Å². The Hall–Kier alpha value is -1.92. The van der Waals surface area contributed by atoms with Crippen LogP contribution in [-0.2, 0) is 4.79 Å². The normalized spacial score (nSPS) is 19.6. The summed E-state index contributed by atoms with van der Waals surface area (Å²) in [5, 5.41) is 16.4. The number of carboxylic acid groups (broad SMARTS) is 1. The average Bonchev–Trinajstić information content (AvgIpc) is 2.82. The van der Waals surface area contributed by atoms with E-state index >= 15 is 0 Å². The minimum Gasteiger partial charge on any atom is -0.476 e. The fourth-order valence-electron chi connectivity index (χ4n) is 2.11. The zero-order chi connectivity index (χ0) is 12.6. The summed E-state index contributed by atoms with van der Waals surface area (Å²) >= 11 is 0. The average molecular weight is 238 g/mol. The molecule has 1 aliphatic rings. The Bertz CT molecular complexity index is 468. The first-order valence-corrected chi connectivity index (χ1v) is 5.41. The number of aromatic nitrogens is 3. The van der Waals surface area contributed by atoms with E-state index in [9.17, 15) is 9.59 Å². The summed E-state index contributed by atoms with van der Waals surface area (Å²) in [5.74, 6) is -1.04. The Balaban J connectivity index is 2.19. The van der Waals surface area contributed by atoms with Crippen LogP contribution in [0.1, 0.15) is 35.6 Å². The van der Waals surface area contributed by atoms with E-state index in [1.165, 1.54) is 6.92 Å². The third-order valence-corrected chi connectivity index (χ3v) is 3.08. The molecule has 2 rings (SSSR count). The van der Waals surface area contributed by atoms with Crippen LogP contribution in [0, 0.1) is 6.92 Å². The highest BCUT2D eigenvalue weighted by Gasteiger charge is 2.28. The summed E-state index contributed by atoms with van der Waals surface area (Å²) in [7, 11) is 0. The van der Waals surface area contributed by atoms with Crippen LogP contribution >= 0.6 is 0 Å². The van der Waals surface area contributed by atoms with Crippen LogP contribution in [0.3, 0.4) is 0 Å². The Kier molecular flexibility index (Phi) is 2.83. The molecule has 1 saturated heterocycles. The van der Waals surface area contributed by atoms with Crippen LogP contribution in [0.15, 0.2) is 0 Å². The topological polar surface area (TPSA) is 88.3 Å². The summed E-state index contributed by atoms with van der Waals surface area (Å²) in [6.45, 7) is 4.46. The standard InChI is InChI=1S/C10H14N4O3/c1-6-9(10(16)17)11-12-14(6)8-3-4-13(5-8)7(2)15/h8H,3-5H2,1-2H3,(H,16,17). The molecule has 7 nitrogen and oxygen atoms in total. The maximum atomic E-state index is 11.2. The number of hydrogen-bond acceptors (Lipinski definition) is 4. The number of rotatable bonds is 2. The first-order valence-electron chi connectivity index (χ1n) is 5.41. The van der Waals surface area contributed by atoms with Crippen molar-refractivity contribution < 1.29 is 14.7 Å². The predicted octanol–water partition coefficient (Wildman–Crippen LogP) is 0.0780. The van der Waals surface area contributed by atoms with Gasteiger partial charge in [0.25, 0.3) is 0 Å². The Morgan fingerprint density at radius 2 is 2.18 bits per heavy atom. The molecule has 2 heterocycles. The van der Waals surface area contributed by atoms with Crippen molar-refractivity contribution in [1.82, 2.24) is 19.9 Å². The lowest BCUT2D eigenvalue weighted by Crippen LogP contribution is -2.26. The molecule has 1 aromatic rings. The number of likely N-dealkylation sites (tertiary alicyclic amines) is 1. The lowest BCUT2D eigenvalue weighted by molar-refractivity contribution is -0.127. The van der Waals surface area contributed by atoms with E-state index in [0.29, 0.717) is 18.8 Å². The van der Waals surface area contributed by atoms with E-state index in [1.54, 1.807) is 16.5 Å². The molecule has 1 aliphatic heterocycles. The predicted molar refractivity (Wildman–Crippen MR) is 57.6 cm³/mol. The first kappa shape index (κ1) is 11.6. The summed E-state index contributed by atoms with van der Waals surface area (Å²) in [6.07, 6.45) is 0.781. The molecular formula is C10H14N4O3. The minimum absolute atomic E-state index is 0.0220. The van der Waals surface area contributed by atoms with E-state index in [2.05, 4.69) is 10.3 Å². The SMILES string of the molecule is CC(=O)N1CCC(n2nnc(C(=O)O)c2C)C1. The van der Waals surface area contributed by atoms with Crippen molar-refractivity contribution in [3.63, 3.8) is 0 Å². The van der Waals surface area contributed by atoms with Gasteiger partial charge in [0, 0.05) is 20.0 Å². The summed E-state index contributed by atoms with van der Waals surface area (Å²) in [6, 6.07) is 0.0273. The molecule has 0 saturated carbocycles. The second kappa shape index (κ2) is 4.15. The molecule has 92 valence electrons. The van der Waals surface area contributed by atoms with Crippen molar-refractivity contribution in [1.29, 1.82) is 0 Å². The molecule has 1 amide bonds. The zero-order valence-corrected chi connectivity index (χ0v) is 9.75. The smallest absolute Gasteiger partial charge is 0.358 e. The molecule has 1 N–H and O–H groups in total. The largest absolute Gasteiger partial charge is 0.476 e. The monoisotopic (exact) mass is 238 g/mol. The van der Waals surface area contributed by atoms with Gasteiger partial charge in [0.05, 0.1) is 11.7 Å². The van der Waals surface area contributed by atoms with Gasteiger partial charge in [-0.2, -0.15) is 0 Å². The molecule has 0 spiro atoms. The molecule has 0 bridgehead atoms. The number of hydrogen-bond donors (Lipinski definition) is 1. The molecule has 17 heavy (non-hydrogen) atoms. The highest BCUT2D eigenvalue weighted by molar-refractivity contribution is 5.86. The fraction of sp³-hybridized carbons (Fsp3) is 0.600. The van der Waals surface area contributed by atoms with Gasteiger partial charge < -0.3 is 10.0 Å². The molecule has 1 aromatic heterocycles. The lowest BCUT2D eigenvalue weighted by atomic mass is 10.2. The van der Waals surface area contributed by atoms with Gasteiger partial charge in [0.2, 0.25) is 5.91 Å². The number of carboxylic acids is 1. The second-order valence-corrected chi connectivity index (χ2v) is 4.18. The van der Waals surface area contributed by atoms with Crippen LogP contribution < -0.4 is 0 Å². The van der Waals surface area contributed by atoms with Crippen molar-refractivity contribution in [2.45, 2.75) is 26.3 Å². The van der Waals surface area contributed by atoms with Gasteiger partial charge in [0.1, 0.15) is 0 Å². The van der Waals surface area contributed by atoms with Gasteiger partial charge >= 0.3 is 5.97 Å². The van der Waals surface area contributed by atoms with Crippen LogP contribution in [-0.4, -0.2) is 50.0 Å². The molecule has 0 radical (unpaired) electrons. The molecule has 1 unspecified atom stereocenters. The lowest BCUT2D eigenvalue weighted by Gasteiger charge is -2.14. The zero-order valence-electron chi connectivity index (χ0n) is 9.75. The van der Waals surface area contributed by atoms with Crippen LogP contribution in [0.25, 0.3) is 0 Å². The van der Waals surface area contributed by atoms with E-state index < -0.39 is 5.97 Å². The van der Waals surface area contributed by atoms with Crippen LogP contribution in [0.2, 0.25) is 0 Å². The first-order chi connectivity index (χ1) is 8.00. The van der Waals surface area contributed by atoms with Gasteiger partial charge in [-0.05, 0) is 13.3 Å². The van der Waals surface area contributed by atoms with Gasteiger partial charge in [-0.25, -0.2) is 9.48 Å². The number of aromatic carboxylic acids is 1. The summed E-state index contributed by atoms with van der Waals surface area (Å²) < 4.78 is 1.60. The Morgan fingerprint density at radius 1 is 1.47 bits per heavy atom. The molecule has 1 atom stereocenters. The molecular weight excluding hydrogens is 224 g/mol. The molecule has 0 aliphatic carbocycles. The number of carbonyl (C=O) groups is 2.